The van der Waals surface area contributed by atoms with Crippen LogP contribution in [-0.2, 0) is 20.6 Å². The molecule has 8 heteroatoms. The largest absolute Gasteiger partial charge is 0.516 e. The van der Waals surface area contributed by atoms with Crippen LogP contribution >= 0.6 is 0 Å². The Morgan fingerprint density at radius 2 is 1.79 bits per heavy atom. The van der Waals surface area contributed by atoms with Gasteiger partial charge in [-0.3, -0.25) is 4.68 Å². The van der Waals surface area contributed by atoms with E-state index in [0.29, 0.717) is 5.92 Å². The first kappa shape index (κ1) is 21.2. The fraction of sp³-hybridized carbons (Fsp3) is 0.800. The number of carbonyl (C=O) groups is 1. The predicted molar refractivity (Wildman–Crippen MR) is 108 cm³/mol. The van der Waals surface area contributed by atoms with Crippen molar-refractivity contribution in [3.8, 4) is 0 Å². The first-order chi connectivity index (χ1) is 12.9. The fourth-order valence-electron chi connectivity index (χ4n) is 3.46. The van der Waals surface area contributed by atoms with Crippen LogP contribution in [0.25, 0.3) is 0 Å². The van der Waals surface area contributed by atoms with Gasteiger partial charge in [-0.05, 0) is 73.3 Å². The number of hydrogen-bond donors (Lipinski definition) is 0. The maximum atomic E-state index is 12.2. The zero-order chi connectivity index (χ0) is 20.7. The molecule has 2 aliphatic rings. The number of nitrogens with zero attached hydrogens (tertiary/aromatic N) is 3. The van der Waals surface area contributed by atoms with Gasteiger partial charge >= 0.3 is 13.2 Å². The molecule has 0 atom stereocenters. The number of aromatic nitrogens is 2. The molecule has 7 nitrogen and oxygen atoms in total. The molecule has 2 fully saturated rings. The summed E-state index contributed by atoms with van der Waals surface area (Å²) < 4.78 is 19.6. The molecule has 28 heavy (non-hydrogen) atoms. The van der Waals surface area contributed by atoms with Crippen molar-refractivity contribution in [1.82, 2.24) is 14.7 Å². The van der Waals surface area contributed by atoms with Crippen molar-refractivity contribution < 1.29 is 18.8 Å². The second-order valence-corrected chi connectivity index (χ2v) is 9.96. The van der Waals surface area contributed by atoms with Gasteiger partial charge in [0.2, 0.25) is 0 Å². The standard InChI is InChI=1S/C20H34BN3O4/c1-18(2,3)26-17(25)23-11-8-15(9-12-23)14-24-13-10-16(22-24)21-27-19(4,5)20(6,7)28-21/h10,13,15H,8-9,11-12,14H2,1-7H3. The Labute approximate surface area is 168 Å². The van der Waals surface area contributed by atoms with Gasteiger partial charge in [-0.2, -0.15) is 5.10 Å². The van der Waals surface area contributed by atoms with E-state index >= 15 is 0 Å². The monoisotopic (exact) mass is 391 g/mol. The molecular formula is C20H34BN3O4. The Balaban J connectivity index is 1.51. The van der Waals surface area contributed by atoms with Gasteiger partial charge in [0.1, 0.15) is 5.60 Å². The molecule has 0 bridgehead atoms. The number of rotatable bonds is 3. The van der Waals surface area contributed by atoms with Crippen LogP contribution in [0.3, 0.4) is 0 Å². The molecule has 2 saturated heterocycles. The summed E-state index contributed by atoms with van der Waals surface area (Å²) in [6.07, 6.45) is 3.67. The summed E-state index contributed by atoms with van der Waals surface area (Å²) in [6.45, 7) is 16.2. The highest BCUT2D eigenvalue weighted by Crippen LogP contribution is 2.36. The van der Waals surface area contributed by atoms with Crippen molar-refractivity contribution in [2.45, 2.75) is 84.7 Å². The van der Waals surface area contributed by atoms with E-state index < -0.39 is 12.7 Å². The van der Waals surface area contributed by atoms with Gasteiger partial charge in [0.05, 0.1) is 16.8 Å². The van der Waals surface area contributed by atoms with Crippen molar-refractivity contribution in [1.29, 1.82) is 0 Å². The lowest BCUT2D eigenvalue weighted by atomic mass is 9.85. The molecular weight excluding hydrogens is 357 g/mol. The molecule has 3 rings (SSSR count). The average Bonchev–Trinajstić information content (AvgIpc) is 3.09. The summed E-state index contributed by atoms with van der Waals surface area (Å²) in [5, 5.41) is 4.68. The van der Waals surface area contributed by atoms with E-state index in [1.54, 1.807) is 4.90 Å². The summed E-state index contributed by atoms with van der Waals surface area (Å²) in [6, 6.07) is 1.97. The van der Waals surface area contributed by atoms with Crippen LogP contribution in [0.15, 0.2) is 12.3 Å². The lowest BCUT2D eigenvalue weighted by molar-refractivity contribution is 0.00578. The number of hydrogen-bond acceptors (Lipinski definition) is 5. The highest BCUT2D eigenvalue weighted by molar-refractivity contribution is 6.61. The second kappa shape index (κ2) is 7.37. The molecule has 1 aromatic rings. The quantitative estimate of drug-likeness (QED) is 0.742. The van der Waals surface area contributed by atoms with Crippen LogP contribution in [0.5, 0.6) is 0 Å². The lowest BCUT2D eigenvalue weighted by Gasteiger charge is -2.33. The topological polar surface area (TPSA) is 65.8 Å². The summed E-state index contributed by atoms with van der Waals surface area (Å²) in [4.78, 5) is 14.0. The summed E-state index contributed by atoms with van der Waals surface area (Å²) >= 11 is 0. The van der Waals surface area contributed by atoms with Crippen molar-refractivity contribution in [2.24, 2.45) is 5.92 Å². The highest BCUT2D eigenvalue weighted by atomic mass is 16.7. The van der Waals surface area contributed by atoms with Crippen LogP contribution in [0.1, 0.15) is 61.3 Å². The molecule has 0 aromatic carbocycles. The second-order valence-electron chi connectivity index (χ2n) is 9.96. The van der Waals surface area contributed by atoms with Crippen LogP contribution in [0.4, 0.5) is 4.79 Å². The van der Waals surface area contributed by atoms with E-state index in [0.717, 1.165) is 38.1 Å². The van der Waals surface area contributed by atoms with Crippen LogP contribution in [-0.4, -0.2) is 57.8 Å². The highest BCUT2D eigenvalue weighted by Gasteiger charge is 2.52. The van der Waals surface area contributed by atoms with Gasteiger partial charge in [-0.15, -0.1) is 0 Å². The van der Waals surface area contributed by atoms with Crippen molar-refractivity contribution in [3.05, 3.63) is 12.3 Å². The first-order valence-electron chi connectivity index (χ1n) is 10.2. The van der Waals surface area contributed by atoms with Crippen LogP contribution in [0, 0.1) is 5.92 Å². The first-order valence-corrected chi connectivity index (χ1v) is 10.2. The van der Waals surface area contributed by atoms with E-state index in [1.165, 1.54) is 0 Å². The van der Waals surface area contributed by atoms with Gasteiger partial charge in [-0.25, -0.2) is 4.79 Å². The molecule has 2 aliphatic heterocycles. The predicted octanol–water partition coefficient (Wildman–Crippen LogP) is 2.83. The molecule has 0 saturated carbocycles. The van der Waals surface area contributed by atoms with E-state index in [1.807, 2.05) is 65.4 Å². The van der Waals surface area contributed by atoms with Gasteiger partial charge in [0.15, 0.2) is 0 Å². The van der Waals surface area contributed by atoms with Gasteiger partial charge in [-0.1, -0.05) is 0 Å². The minimum absolute atomic E-state index is 0.215. The molecule has 0 unspecified atom stereocenters. The van der Waals surface area contributed by atoms with Gasteiger partial charge in [0.25, 0.3) is 0 Å². The third-order valence-electron chi connectivity index (χ3n) is 5.87. The molecule has 1 amide bonds. The Morgan fingerprint density at radius 3 is 2.32 bits per heavy atom. The number of piperidine rings is 1. The summed E-state index contributed by atoms with van der Waals surface area (Å²) in [7, 11) is -0.430. The Bertz CT molecular complexity index is 687. The molecule has 0 N–H and O–H groups in total. The third kappa shape index (κ3) is 4.71. The minimum atomic E-state index is -0.451. The van der Waals surface area contributed by atoms with Crippen LogP contribution < -0.4 is 5.59 Å². The van der Waals surface area contributed by atoms with Crippen molar-refractivity contribution >= 4 is 18.8 Å². The third-order valence-corrected chi connectivity index (χ3v) is 5.87. The maximum Gasteiger partial charge on any atom is 0.516 e. The number of likely N-dealkylation sites (tertiary alicyclic amines) is 1. The SMILES string of the molecule is CC(C)(C)OC(=O)N1CCC(Cn2ccc(B3OC(C)(C)C(C)(C)O3)n2)CC1. The molecule has 156 valence electrons. The average molecular weight is 391 g/mol. The van der Waals surface area contributed by atoms with Gasteiger partial charge in [0, 0.05) is 25.8 Å². The lowest BCUT2D eigenvalue weighted by Crippen LogP contribution is -2.42. The number of carbonyl (C=O) groups excluding carboxylic acids is 1. The minimum Gasteiger partial charge on any atom is -0.444 e. The number of ether oxygens (including phenoxy) is 1. The zero-order valence-electron chi connectivity index (χ0n) is 18.3. The normalized spacial score (nSPS) is 22.5. The van der Waals surface area contributed by atoms with Crippen molar-refractivity contribution in [3.63, 3.8) is 0 Å². The van der Waals surface area contributed by atoms with E-state index in [4.69, 9.17) is 14.0 Å². The van der Waals surface area contributed by atoms with E-state index in [-0.39, 0.29) is 17.3 Å². The summed E-state index contributed by atoms with van der Waals surface area (Å²) in [5.74, 6) is 0.490. The molecule has 3 heterocycles. The van der Waals surface area contributed by atoms with Crippen molar-refractivity contribution in [2.75, 3.05) is 13.1 Å². The summed E-state index contributed by atoms with van der Waals surface area (Å²) in [5.41, 5.74) is -0.372. The van der Waals surface area contributed by atoms with E-state index in [9.17, 15) is 4.79 Å². The zero-order valence-corrected chi connectivity index (χ0v) is 18.3. The van der Waals surface area contributed by atoms with Crippen LogP contribution in [0.2, 0.25) is 0 Å². The smallest absolute Gasteiger partial charge is 0.444 e. The molecule has 1 aromatic heterocycles. The Kier molecular flexibility index (Phi) is 5.58. The molecule has 0 radical (unpaired) electrons. The Morgan fingerprint density at radius 1 is 1.21 bits per heavy atom. The fourth-order valence-corrected chi connectivity index (χ4v) is 3.46. The molecule has 0 aliphatic carbocycles. The molecule has 0 spiro atoms. The maximum absolute atomic E-state index is 12.2. The Hall–Kier alpha value is -1.54. The van der Waals surface area contributed by atoms with E-state index in [2.05, 4.69) is 5.10 Å². The van der Waals surface area contributed by atoms with Gasteiger partial charge < -0.3 is 18.9 Å². The number of amides is 1.